The zero-order valence-electron chi connectivity index (χ0n) is 15.4. The summed E-state index contributed by atoms with van der Waals surface area (Å²) in [6, 6.07) is 13.1. The third-order valence-electron chi connectivity index (χ3n) is 3.91. The Kier molecular flexibility index (Phi) is 7.06. The first-order valence-electron chi connectivity index (χ1n) is 8.91. The molecular weight excluding hydrogens is 390 g/mol. The van der Waals surface area contributed by atoms with Gasteiger partial charge in [0.1, 0.15) is 10.9 Å². The van der Waals surface area contributed by atoms with E-state index in [1.807, 2.05) is 29.8 Å². The molecule has 0 saturated carbocycles. The highest BCUT2D eigenvalue weighted by Gasteiger charge is 2.14. The number of nitrogens with zero attached hydrogens (tertiary/aromatic N) is 3. The first kappa shape index (κ1) is 19.9. The Morgan fingerprint density at radius 1 is 1.32 bits per heavy atom. The van der Waals surface area contributed by atoms with Gasteiger partial charge in [0.25, 0.3) is 0 Å². The van der Waals surface area contributed by atoms with E-state index in [2.05, 4.69) is 16.0 Å². The zero-order chi connectivity index (χ0) is 19.8. The molecule has 0 aliphatic carbocycles. The van der Waals surface area contributed by atoms with Crippen molar-refractivity contribution in [2.45, 2.75) is 25.7 Å². The van der Waals surface area contributed by atoms with Gasteiger partial charge < -0.3 is 4.74 Å². The highest BCUT2D eigenvalue weighted by atomic mass is 32.1. The average Bonchev–Trinajstić information content (AvgIpc) is 3.41. The van der Waals surface area contributed by atoms with E-state index < -0.39 is 5.92 Å². The summed E-state index contributed by atoms with van der Waals surface area (Å²) >= 11 is 3.07. The van der Waals surface area contributed by atoms with Crippen molar-refractivity contribution in [3.8, 4) is 16.6 Å². The number of hydrogen-bond donors (Lipinski definition) is 0. The minimum atomic E-state index is -0.516. The molecule has 0 aliphatic rings. The molecule has 28 heavy (non-hydrogen) atoms. The summed E-state index contributed by atoms with van der Waals surface area (Å²) < 4.78 is 5.19. The maximum Gasteiger partial charge on any atom is 0.338 e. The molecule has 5 nitrogen and oxygen atoms in total. The summed E-state index contributed by atoms with van der Waals surface area (Å²) in [6.45, 7) is 2.48. The smallest absolute Gasteiger partial charge is 0.338 e. The second-order valence-corrected chi connectivity index (χ2v) is 7.81. The van der Waals surface area contributed by atoms with Crippen LogP contribution in [0.2, 0.25) is 0 Å². The third kappa shape index (κ3) is 5.12. The summed E-state index contributed by atoms with van der Waals surface area (Å²) in [5.74, 6) is -0.847. The number of thiophene rings is 1. The minimum absolute atomic E-state index is 0.331. The van der Waals surface area contributed by atoms with Gasteiger partial charge in [0.05, 0.1) is 34.5 Å². The average molecular weight is 410 g/mol. The number of aliphatic imine (C=N–C) groups is 1. The molecule has 0 aliphatic heterocycles. The van der Waals surface area contributed by atoms with Gasteiger partial charge >= 0.3 is 5.97 Å². The van der Waals surface area contributed by atoms with E-state index in [0.717, 1.165) is 23.4 Å². The van der Waals surface area contributed by atoms with Gasteiger partial charge in [0.2, 0.25) is 0 Å². The molecule has 3 rings (SSSR count). The Morgan fingerprint density at radius 3 is 2.82 bits per heavy atom. The number of ether oxygens (including phenoxy) is 1. The summed E-state index contributed by atoms with van der Waals surface area (Å²) in [7, 11) is 0. The van der Waals surface area contributed by atoms with Gasteiger partial charge in [-0.1, -0.05) is 19.4 Å². The van der Waals surface area contributed by atoms with Crippen LogP contribution in [0.4, 0.5) is 5.69 Å². The number of rotatable bonds is 8. The maximum absolute atomic E-state index is 11.9. The lowest BCUT2D eigenvalue weighted by molar-refractivity contribution is 0.0500. The Bertz CT molecular complexity index is 970. The largest absolute Gasteiger partial charge is 0.462 e. The Balaban J connectivity index is 1.65. The number of benzene rings is 1. The topological polar surface area (TPSA) is 75.3 Å². The van der Waals surface area contributed by atoms with Crippen LogP contribution in [-0.4, -0.2) is 23.8 Å². The number of carbonyl (C=O) groups excluding carboxylic acids is 1. The lowest BCUT2D eigenvalue weighted by atomic mass is 10.2. The molecule has 1 atom stereocenters. The first-order chi connectivity index (χ1) is 13.7. The number of esters is 1. The van der Waals surface area contributed by atoms with Crippen molar-refractivity contribution in [2.75, 3.05) is 6.61 Å². The fourth-order valence-electron chi connectivity index (χ4n) is 2.36. The fraction of sp³-hybridized carbons (Fsp3) is 0.238. The van der Waals surface area contributed by atoms with Crippen molar-refractivity contribution in [3.63, 3.8) is 0 Å². The van der Waals surface area contributed by atoms with Crippen molar-refractivity contribution in [3.05, 3.63) is 57.7 Å². The monoisotopic (exact) mass is 409 g/mol. The van der Waals surface area contributed by atoms with Crippen molar-refractivity contribution >= 4 is 40.5 Å². The maximum atomic E-state index is 11.9. The molecule has 142 valence electrons. The molecule has 7 heteroatoms. The zero-order valence-corrected chi connectivity index (χ0v) is 17.0. The molecular formula is C21H19N3O2S2. The van der Waals surface area contributed by atoms with Gasteiger partial charge in [-0.3, -0.25) is 4.99 Å². The standard InChI is InChI=1S/C21H19N3O2S2/c1-2-3-10-26-21(25)15-6-8-17(9-7-15)23-13-16(12-22)20-24-18(14-28-20)19-5-4-11-27-19/h4-9,11,13-14,16H,2-3,10H2,1H3. The van der Waals surface area contributed by atoms with Gasteiger partial charge in [-0.05, 0) is 42.1 Å². The number of carbonyl (C=O) groups is 1. The van der Waals surface area contributed by atoms with Crippen LogP contribution in [0.3, 0.4) is 0 Å². The van der Waals surface area contributed by atoms with Crippen LogP contribution in [0, 0.1) is 11.3 Å². The summed E-state index contributed by atoms with van der Waals surface area (Å²) in [4.78, 5) is 21.9. The van der Waals surface area contributed by atoms with Crippen LogP contribution in [0.5, 0.6) is 0 Å². The van der Waals surface area contributed by atoms with Crippen LogP contribution in [0.1, 0.15) is 41.0 Å². The summed E-state index contributed by atoms with van der Waals surface area (Å²) in [5.41, 5.74) is 2.04. The molecule has 3 aromatic rings. The molecule has 1 aromatic carbocycles. The van der Waals surface area contributed by atoms with Gasteiger partial charge in [-0.2, -0.15) is 5.26 Å². The molecule has 0 saturated heterocycles. The van der Waals surface area contributed by atoms with E-state index in [-0.39, 0.29) is 5.97 Å². The molecule has 2 aromatic heterocycles. The highest BCUT2D eigenvalue weighted by molar-refractivity contribution is 7.14. The van der Waals surface area contributed by atoms with Crippen molar-refractivity contribution < 1.29 is 9.53 Å². The minimum Gasteiger partial charge on any atom is -0.462 e. The first-order valence-corrected chi connectivity index (χ1v) is 10.7. The van der Waals surface area contributed by atoms with Gasteiger partial charge in [-0.15, -0.1) is 22.7 Å². The molecule has 0 spiro atoms. The normalized spacial score (nSPS) is 12.0. The van der Waals surface area contributed by atoms with Crippen molar-refractivity contribution in [1.82, 2.24) is 4.98 Å². The lowest BCUT2D eigenvalue weighted by Gasteiger charge is -2.04. The Morgan fingerprint density at radius 2 is 2.14 bits per heavy atom. The van der Waals surface area contributed by atoms with Crippen LogP contribution in [0.15, 0.2) is 52.2 Å². The van der Waals surface area contributed by atoms with Crippen molar-refractivity contribution in [2.24, 2.45) is 4.99 Å². The van der Waals surface area contributed by atoms with Crippen LogP contribution in [-0.2, 0) is 4.74 Å². The lowest BCUT2D eigenvalue weighted by Crippen LogP contribution is -2.05. The highest BCUT2D eigenvalue weighted by Crippen LogP contribution is 2.29. The Labute approximate surface area is 172 Å². The molecule has 0 bridgehead atoms. The molecule has 2 heterocycles. The number of hydrogen-bond acceptors (Lipinski definition) is 7. The molecule has 0 amide bonds. The van der Waals surface area contributed by atoms with E-state index in [9.17, 15) is 10.1 Å². The van der Waals surface area contributed by atoms with E-state index in [1.54, 1.807) is 41.8 Å². The van der Waals surface area contributed by atoms with E-state index in [0.29, 0.717) is 22.9 Å². The molecule has 0 N–H and O–H groups in total. The molecule has 0 radical (unpaired) electrons. The van der Waals surface area contributed by atoms with Gasteiger partial charge in [0.15, 0.2) is 0 Å². The fourth-order valence-corrected chi connectivity index (χ4v) is 3.94. The second-order valence-electron chi connectivity index (χ2n) is 5.97. The van der Waals surface area contributed by atoms with E-state index >= 15 is 0 Å². The molecule has 1 unspecified atom stereocenters. The summed E-state index contributed by atoms with van der Waals surface area (Å²) in [5, 5.41) is 14.2. The number of aromatic nitrogens is 1. The number of nitriles is 1. The van der Waals surface area contributed by atoms with Crippen molar-refractivity contribution in [1.29, 1.82) is 5.26 Å². The van der Waals surface area contributed by atoms with Gasteiger partial charge in [-0.25, -0.2) is 9.78 Å². The molecule has 0 fully saturated rings. The number of unbranched alkanes of at least 4 members (excludes halogenated alkanes) is 1. The quantitative estimate of drug-likeness (QED) is 0.266. The predicted octanol–water partition coefficient (Wildman–Crippen LogP) is 5.84. The Hall–Kier alpha value is -2.82. The van der Waals surface area contributed by atoms with Crippen LogP contribution < -0.4 is 0 Å². The predicted molar refractivity (Wildman–Crippen MR) is 114 cm³/mol. The van der Waals surface area contributed by atoms with Gasteiger partial charge in [0, 0.05) is 11.6 Å². The van der Waals surface area contributed by atoms with E-state index in [1.165, 1.54) is 11.3 Å². The third-order valence-corrected chi connectivity index (χ3v) is 5.73. The number of thiazole rings is 1. The summed E-state index contributed by atoms with van der Waals surface area (Å²) in [6.07, 6.45) is 3.43. The SMILES string of the molecule is CCCCOC(=O)c1ccc(N=CC(C#N)c2nc(-c3cccs3)cs2)cc1. The van der Waals surface area contributed by atoms with Crippen LogP contribution in [0.25, 0.3) is 10.6 Å². The van der Waals surface area contributed by atoms with Crippen LogP contribution >= 0.6 is 22.7 Å². The van der Waals surface area contributed by atoms with E-state index in [4.69, 9.17) is 4.74 Å². The second kappa shape index (κ2) is 9.93.